The van der Waals surface area contributed by atoms with Gasteiger partial charge >= 0.3 is 6.18 Å². The number of nitrogens with zero attached hydrogens (tertiary/aromatic N) is 2. The number of hydrogen-bond acceptors (Lipinski definition) is 3. The summed E-state index contributed by atoms with van der Waals surface area (Å²) in [4.78, 5) is 27.0. The lowest BCUT2D eigenvalue weighted by molar-refractivity contribution is -0.137. The minimum atomic E-state index is -4.38. The molecule has 1 saturated heterocycles. The van der Waals surface area contributed by atoms with Crippen molar-refractivity contribution in [3.63, 3.8) is 0 Å². The lowest BCUT2D eigenvalue weighted by Crippen LogP contribution is -2.48. The topological polar surface area (TPSA) is 52.7 Å². The van der Waals surface area contributed by atoms with Crippen LogP contribution in [-0.4, -0.2) is 42.9 Å². The molecule has 8 heteroatoms. The summed E-state index contributed by atoms with van der Waals surface area (Å²) in [6.45, 7) is 3.22. The first-order chi connectivity index (χ1) is 14.2. The molecule has 1 N–H and O–H groups in total. The van der Waals surface area contributed by atoms with E-state index in [1.165, 1.54) is 19.1 Å². The molecular weight excluding hydrogens is 395 g/mol. The molecule has 5 nitrogen and oxygen atoms in total. The Morgan fingerprint density at radius 2 is 1.67 bits per heavy atom. The van der Waals surface area contributed by atoms with Crippen molar-refractivity contribution in [2.24, 2.45) is 0 Å². The molecule has 0 aromatic heterocycles. The molecule has 3 rings (SSSR count). The van der Waals surface area contributed by atoms with Gasteiger partial charge in [-0.25, -0.2) is 0 Å². The average molecular weight is 417 g/mol. The monoisotopic (exact) mass is 417 g/mol. The molecule has 0 atom stereocenters. The molecule has 1 heterocycles. The Morgan fingerprint density at radius 1 is 1.00 bits per heavy atom. The van der Waals surface area contributed by atoms with Crippen LogP contribution in [-0.2, 0) is 15.8 Å². The van der Waals surface area contributed by atoms with E-state index in [-0.39, 0.29) is 11.8 Å². The summed E-state index contributed by atoms with van der Waals surface area (Å²) in [5.74, 6) is -0.303. The summed E-state index contributed by atoms with van der Waals surface area (Å²) >= 11 is 0. The highest BCUT2D eigenvalue weighted by Gasteiger charge is 2.31. The number of hydrogen-bond donors (Lipinski definition) is 1. The Bertz CT molecular complexity index is 931. The number of piperazine rings is 1. The van der Waals surface area contributed by atoms with Gasteiger partial charge in [-0.15, -0.1) is 0 Å². The molecule has 1 fully saturated rings. The fraction of sp³-hybridized carbons (Fsp3) is 0.273. The Morgan fingerprint density at radius 3 is 2.27 bits per heavy atom. The van der Waals surface area contributed by atoms with Crippen LogP contribution in [0.4, 0.5) is 24.5 Å². The molecule has 2 aromatic carbocycles. The number of rotatable bonds is 4. The van der Waals surface area contributed by atoms with E-state index in [0.717, 1.165) is 17.7 Å². The van der Waals surface area contributed by atoms with E-state index < -0.39 is 11.7 Å². The fourth-order valence-electron chi connectivity index (χ4n) is 3.22. The molecule has 1 aliphatic rings. The second-order valence-electron chi connectivity index (χ2n) is 7.00. The van der Waals surface area contributed by atoms with Crippen molar-refractivity contribution in [2.75, 3.05) is 36.4 Å². The lowest BCUT2D eigenvalue weighted by atomic mass is 10.1. The molecule has 1 aliphatic heterocycles. The van der Waals surface area contributed by atoms with Gasteiger partial charge in [0.2, 0.25) is 11.8 Å². The van der Waals surface area contributed by atoms with Crippen LogP contribution in [0.15, 0.2) is 54.6 Å². The van der Waals surface area contributed by atoms with E-state index in [2.05, 4.69) is 5.32 Å². The van der Waals surface area contributed by atoms with Crippen LogP contribution in [0.2, 0.25) is 0 Å². The van der Waals surface area contributed by atoms with E-state index in [4.69, 9.17) is 0 Å². The third kappa shape index (κ3) is 5.62. The van der Waals surface area contributed by atoms with Crippen molar-refractivity contribution in [1.82, 2.24) is 4.90 Å². The Kier molecular flexibility index (Phi) is 6.44. The van der Waals surface area contributed by atoms with Crippen molar-refractivity contribution in [2.45, 2.75) is 13.1 Å². The van der Waals surface area contributed by atoms with Gasteiger partial charge in [-0.05, 0) is 42.0 Å². The van der Waals surface area contributed by atoms with Crippen LogP contribution >= 0.6 is 0 Å². The smallest absolute Gasteiger partial charge is 0.368 e. The van der Waals surface area contributed by atoms with Crippen LogP contribution in [0.3, 0.4) is 0 Å². The van der Waals surface area contributed by atoms with E-state index in [9.17, 15) is 22.8 Å². The van der Waals surface area contributed by atoms with Gasteiger partial charge in [-0.2, -0.15) is 13.2 Å². The second-order valence-corrected chi connectivity index (χ2v) is 7.00. The number of anilines is 2. The number of amides is 2. The Labute approximate surface area is 172 Å². The number of carbonyl (C=O) groups excluding carboxylic acids is 2. The average Bonchev–Trinajstić information content (AvgIpc) is 2.72. The zero-order valence-corrected chi connectivity index (χ0v) is 16.4. The van der Waals surface area contributed by atoms with Gasteiger partial charge < -0.3 is 15.1 Å². The van der Waals surface area contributed by atoms with Crippen LogP contribution in [0.5, 0.6) is 0 Å². The molecule has 2 amide bonds. The highest BCUT2D eigenvalue weighted by atomic mass is 19.4. The highest BCUT2D eigenvalue weighted by Crippen LogP contribution is 2.31. The van der Waals surface area contributed by atoms with E-state index in [0.29, 0.717) is 37.6 Å². The summed E-state index contributed by atoms with van der Waals surface area (Å²) in [7, 11) is 0. The third-order valence-corrected chi connectivity index (χ3v) is 4.78. The van der Waals surface area contributed by atoms with Crippen LogP contribution in [0.1, 0.15) is 18.1 Å². The first kappa shape index (κ1) is 21.4. The van der Waals surface area contributed by atoms with Crippen LogP contribution < -0.4 is 10.2 Å². The summed E-state index contributed by atoms with van der Waals surface area (Å²) < 4.78 is 38.7. The Hall–Kier alpha value is -3.29. The summed E-state index contributed by atoms with van der Waals surface area (Å²) in [5, 5.41) is 2.67. The maximum atomic E-state index is 12.9. The predicted octanol–water partition coefficient (Wildman–Crippen LogP) is 4.03. The van der Waals surface area contributed by atoms with Gasteiger partial charge in [-0.3, -0.25) is 9.59 Å². The molecular formula is C22H22F3N3O2. The van der Waals surface area contributed by atoms with Crippen molar-refractivity contribution in [1.29, 1.82) is 0 Å². The standard InChI is InChI=1S/C22H22F3N3O2/c1-16(29)26-19-8-5-17(6-9-19)7-10-21(30)28-13-11-27(12-14-28)20-4-2-3-18(15-20)22(23,24)25/h2-10,15H,11-14H2,1H3,(H,26,29)/b10-7+. The van der Waals surface area contributed by atoms with Gasteiger partial charge in [-0.1, -0.05) is 18.2 Å². The summed E-state index contributed by atoms with van der Waals surface area (Å²) in [6.07, 6.45) is -1.20. The number of benzene rings is 2. The molecule has 158 valence electrons. The van der Waals surface area contributed by atoms with E-state index in [1.807, 2.05) is 4.90 Å². The highest BCUT2D eigenvalue weighted by molar-refractivity contribution is 5.92. The molecule has 30 heavy (non-hydrogen) atoms. The summed E-state index contributed by atoms with van der Waals surface area (Å²) in [6, 6.07) is 12.3. The lowest BCUT2D eigenvalue weighted by Gasteiger charge is -2.35. The van der Waals surface area contributed by atoms with Crippen molar-refractivity contribution < 1.29 is 22.8 Å². The number of alkyl halides is 3. The number of halogens is 3. The van der Waals surface area contributed by atoms with Crippen LogP contribution in [0, 0.1) is 0 Å². The predicted molar refractivity (Wildman–Crippen MR) is 110 cm³/mol. The zero-order chi connectivity index (χ0) is 21.7. The van der Waals surface area contributed by atoms with Gasteiger partial charge in [0.1, 0.15) is 0 Å². The van der Waals surface area contributed by atoms with Crippen molar-refractivity contribution >= 4 is 29.3 Å². The van der Waals surface area contributed by atoms with Gasteiger partial charge in [0.25, 0.3) is 0 Å². The SMILES string of the molecule is CC(=O)Nc1ccc(/C=C/C(=O)N2CCN(c3cccc(C(F)(F)F)c3)CC2)cc1. The first-order valence-corrected chi connectivity index (χ1v) is 9.49. The molecule has 2 aromatic rings. The maximum absolute atomic E-state index is 12.9. The largest absolute Gasteiger partial charge is 0.416 e. The maximum Gasteiger partial charge on any atom is 0.416 e. The number of nitrogens with one attached hydrogen (secondary N) is 1. The Balaban J connectivity index is 1.55. The van der Waals surface area contributed by atoms with E-state index in [1.54, 1.807) is 41.3 Å². The zero-order valence-electron chi connectivity index (χ0n) is 16.4. The first-order valence-electron chi connectivity index (χ1n) is 9.49. The fourth-order valence-corrected chi connectivity index (χ4v) is 3.22. The van der Waals surface area contributed by atoms with Gasteiger partial charge in [0.05, 0.1) is 5.56 Å². The third-order valence-electron chi connectivity index (χ3n) is 4.78. The minimum Gasteiger partial charge on any atom is -0.368 e. The minimum absolute atomic E-state index is 0.148. The van der Waals surface area contributed by atoms with Gasteiger partial charge in [0, 0.05) is 50.6 Å². The van der Waals surface area contributed by atoms with Crippen LogP contribution in [0.25, 0.3) is 6.08 Å². The van der Waals surface area contributed by atoms with Crippen molar-refractivity contribution in [3.8, 4) is 0 Å². The molecule has 0 spiro atoms. The molecule has 0 aliphatic carbocycles. The van der Waals surface area contributed by atoms with Crippen molar-refractivity contribution in [3.05, 3.63) is 65.7 Å². The molecule has 0 bridgehead atoms. The second kappa shape index (κ2) is 9.02. The molecule has 0 unspecified atom stereocenters. The quantitative estimate of drug-likeness (QED) is 0.765. The van der Waals surface area contributed by atoms with Gasteiger partial charge in [0.15, 0.2) is 0 Å². The molecule has 0 radical (unpaired) electrons. The molecule has 0 saturated carbocycles. The number of carbonyl (C=O) groups is 2. The normalized spacial score (nSPS) is 14.8. The van der Waals surface area contributed by atoms with E-state index >= 15 is 0 Å². The summed E-state index contributed by atoms with van der Waals surface area (Å²) in [5.41, 5.74) is 1.33.